The number of hydrogen-bond donors (Lipinski definition) is 2. The minimum atomic E-state index is -5.15. The highest BCUT2D eigenvalue weighted by molar-refractivity contribution is 6.43. The van der Waals surface area contributed by atoms with Gasteiger partial charge < -0.3 is 14.8 Å². The van der Waals surface area contributed by atoms with Gasteiger partial charge in [-0.25, -0.2) is 4.90 Å². The van der Waals surface area contributed by atoms with Crippen molar-refractivity contribution in [1.82, 2.24) is 0 Å². The Balaban J connectivity index is 1.43. The summed E-state index contributed by atoms with van der Waals surface area (Å²) in [5, 5.41) is 20.5. The lowest BCUT2D eigenvalue weighted by Crippen LogP contribution is -2.46. The molecule has 2 N–H and O–H groups in total. The monoisotopic (exact) mass is 641 g/mol. The number of alkyl halides is 6. The summed E-state index contributed by atoms with van der Waals surface area (Å²) < 4.78 is 87.1. The van der Waals surface area contributed by atoms with E-state index < -0.39 is 72.0 Å². The molecule has 3 aliphatic rings. The van der Waals surface area contributed by atoms with Crippen LogP contribution in [0, 0.1) is 17.8 Å². The van der Waals surface area contributed by atoms with E-state index in [2.05, 4.69) is 0 Å². The largest absolute Gasteiger partial charge is 0.508 e. The Labute approximate surface area is 254 Å². The van der Waals surface area contributed by atoms with Crippen molar-refractivity contribution in [2.75, 3.05) is 4.90 Å². The summed E-state index contributed by atoms with van der Waals surface area (Å²) in [7, 11) is -1.31. The Morgan fingerprint density at radius 2 is 1.68 bits per heavy atom. The van der Waals surface area contributed by atoms with Gasteiger partial charge >= 0.3 is 19.5 Å². The number of rotatable bonds is 5. The van der Waals surface area contributed by atoms with Crippen LogP contribution in [0.1, 0.15) is 49.8 Å². The quantitative estimate of drug-likeness (QED) is 0.155. The SMILES string of the molecule is CC1=C2[C@@H](CC/C(C)=C/c3ccc(O)cc3Cl)OB(O)C[C@@H]2[C@@H]2C(=O)N(c3cc(C(F)(F)F)cc(C(F)(F)F)c3)C(=O)[C@@H]2C1. The fraction of sp³-hybridized carbons (Fsp3) is 0.400. The molecule has 2 aromatic rings. The molecule has 0 unspecified atom stereocenters. The van der Waals surface area contributed by atoms with E-state index in [9.17, 15) is 46.1 Å². The molecule has 0 spiro atoms. The molecule has 2 aromatic carbocycles. The first-order valence-corrected chi connectivity index (χ1v) is 14.2. The number of hydrogen-bond acceptors (Lipinski definition) is 5. The molecule has 4 atom stereocenters. The third-order valence-corrected chi connectivity index (χ3v) is 8.80. The molecule has 14 heteroatoms. The van der Waals surface area contributed by atoms with Crippen LogP contribution in [0.25, 0.3) is 6.08 Å². The lowest BCUT2D eigenvalue weighted by Gasteiger charge is -2.42. The molecule has 2 amide bonds. The van der Waals surface area contributed by atoms with Crippen LogP contribution in [0.5, 0.6) is 5.75 Å². The maximum atomic E-state index is 13.7. The van der Waals surface area contributed by atoms with Crippen molar-refractivity contribution in [3.63, 3.8) is 0 Å². The Morgan fingerprint density at radius 1 is 1.05 bits per heavy atom. The molecular formula is C30H27BClF6NO5. The first-order valence-electron chi connectivity index (χ1n) is 13.8. The number of phenolic OH excluding ortho intramolecular Hbond substituents is 1. The van der Waals surface area contributed by atoms with Crippen molar-refractivity contribution >= 4 is 42.3 Å². The van der Waals surface area contributed by atoms with Crippen molar-refractivity contribution in [2.45, 2.75) is 57.9 Å². The van der Waals surface area contributed by atoms with Gasteiger partial charge in [0.2, 0.25) is 11.8 Å². The van der Waals surface area contributed by atoms with Crippen LogP contribution in [-0.2, 0) is 26.6 Å². The molecule has 0 saturated carbocycles. The molecule has 234 valence electrons. The van der Waals surface area contributed by atoms with E-state index in [1.165, 1.54) is 12.1 Å². The van der Waals surface area contributed by atoms with Gasteiger partial charge in [0.15, 0.2) is 0 Å². The van der Waals surface area contributed by atoms with E-state index in [4.69, 9.17) is 16.3 Å². The van der Waals surface area contributed by atoms with Crippen molar-refractivity contribution < 1.29 is 50.7 Å². The first kappa shape index (κ1) is 32.1. The lowest BCUT2D eigenvalue weighted by atomic mass is 9.59. The van der Waals surface area contributed by atoms with Gasteiger partial charge in [0, 0.05) is 0 Å². The summed E-state index contributed by atoms with van der Waals surface area (Å²) in [5.74, 6) is -4.57. The number of nitrogens with zero attached hydrogens (tertiary/aromatic N) is 1. The molecule has 2 saturated heterocycles. The Hall–Kier alpha value is -3.29. The molecule has 0 bridgehead atoms. The van der Waals surface area contributed by atoms with E-state index in [1.807, 2.05) is 13.0 Å². The number of fused-ring (bicyclic) bond motifs is 3. The number of amides is 2. The molecule has 1 aliphatic carbocycles. The number of allylic oxidation sites excluding steroid dienone is 2. The maximum absolute atomic E-state index is 13.7. The summed E-state index contributed by atoms with van der Waals surface area (Å²) in [6.07, 6.45) is -8.26. The Bertz CT molecular complexity index is 1540. The van der Waals surface area contributed by atoms with E-state index in [-0.39, 0.29) is 24.6 Å². The minimum absolute atomic E-state index is 0.0193. The second-order valence-electron chi connectivity index (χ2n) is 11.5. The maximum Gasteiger partial charge on any atom is 0.455 e. The average molecular weight is 642 g/mol. The van der Waals surface area contributed by atoms with Crippen molar-refractivity contribution in [3.8, 4) is 5.75 Å². The fourth-order valence-electron chi connectivity index (χ4n) is 6.57. The van der Waals surface area contributed by atoms with Gasteiger partial charge in [0.25, 0.3) is 0 Å². The van der Waals surface area contributed by atoms with E-state index in [0.29, 0.717) is 46.0 Å². The highest BCUT2D eigenvalue weighted by atomic mass is 35.5. The highest BCUT2D eigenvalue weighted by Crippen LogP contribution is 2.52. The van der Waals surface area contributed by atoms with Crippen LogP contribution in [-0.4, -0.2) is 35.2 Å². The van der Waals surface area contributed by atoms with Crippen LogP contribution in [0.3, 0.4) is 0 Å². The lowest BCUT2D eigenvalue weighted by molar-refractivity contribution is -0.143. The third kappa shape index (κ3) is 6.14. The molecular weight excluding hydrogens is 615 g/mol. The molecule has 2 fully saturated rings. The molecule has 44 heavy (non-hydrogen) atoms. The predicted octanol–water partition coefficient (Wildman–Crippen LogP) is 7.29. The number of carbonyl (C=O) groups excluding carboxylic acids is 2. The van der Waals surface area contributed by atoms with E-state index >= 15 is 0 Å². The summed E-state index contributed by atoms with van der Waals surface area (Å²) in [6.45, 7) is 3.61. The van der Waals surface area contributed by atoms with Crippen LogP contribution < -0.4 is 4.90 Å². The van der Waals surface area contributed by atoms with Gasteiger partial charge in [-0.05, 0) is 92.9 Å². The standard InChI is InChI=1S/C30H27BClF6NO5/c1-14(7-16-4-5-20(40)12-23(16)32)3-6-24-25-15(2)8-21-26(22(25)13-31(43)44-24)28(42)39(27(21)41)19-10-17(29(33,34)35)9-18(11-19)30(36,37)38/h4-5,7,9-12,21-22,24,26,40,43H,3,6,8,13H2,1-2H3/b14-7+/t21-,22+,24-,26-/m1/s1. The van der Waals surface area contributed by atoms with Gasteiger partial charge in [0.1, 0.15) is 5.75 Å². The van der Waals surface area contributed by atoms with Gasteiger partial charge in [-0.15, -0.1) is 0 Å². The number of carbonyl (C=O) groups is 2. The number of imide groups is 1. The number of phenols is 1. The number of benzene rings is 2. The zero-order valence-corrected chi connectivity index (χ0v) is 24.2. The molecule has 6 nitrogen and oxygen atoms in total. The van der Waals surface area contributed by atoms with Crippen molar-refractivity contribution in [2.24, 2.45) is 17.8 Å². The summed E-state index contributed by atoms with van der Waals surface area (Å²) in [6, 6.07) is 5.25. The molecule has 0 radical (unpaired) electrons. The van der Waals surface area contributed by atoms with Crippen LogP contribution in [0.15, 0.2) is 53.1 Å². The van der Waals surface area contributed by atoms with Crippen LogP contribution in [0.4, 0.5) is 32.0 Å². The first-order chi connectivity index (χ1) is 20.5. The smallest absolute Gasteiger partial charge is 0.455 e. The third-order valence-electron chi connectivity index (χ3n) is 8.47. The highest BCUT2D eigenvalue weighted by Gasteiger charge is 2.57. The van der Waals surface area contributed by atoms with Crippen molar-refractivity contribution in [3.05, 3.63) is 74.8 Å². The van der Waals surface area contributed by atoms with Crippen LogP contribution in [0.2, 0.25) is 11.3 Å². The molecule has 2 aliphatic heterocycles. The Morgan fingerprint density at radius 3 is 2.27 bits per heavy atom. The summed E-state index contributed by atoms with van der Waals surface area (Å²) >= 11 is 6.20. The topological polar surface area (TPSA) is 87.1 Å². The van der Waals surface area contributed by atoms with Gasteiger partial charge in [-0.1, -0.05) is 28.8 Å². The minimum Gasteiger partial charge on any atom is -0.508 e. The van der Waals surface area contributed by atoms with E-state index in [1.54, 1.807) is 13.0 Å². The van der Waals surface area contributed by atoms with Gasteiger partial charge in [0.05, 0.1) is 39.8 Å². The van der Waals surface area contributed by atoms with E-state index in [0.717, 1.165) is 11.1 Å². The fourth-order valence-corrected chi connectivity index (χ4v) is 6.80. The predicted molar refractivity (Wildman–Crippen MR) is 150 cm³/mol. The normalized spacial score (nSPS) is 24.6. The number of aromatic hydroxyl groups is 1. The molecule has 5 rings (SSSR count). The van der Waals surface area contributed by atoms with Gasteiger partial charge in [-0.2, -0.15) is 26.3 Å². The molecule has 2 heterocycles. The second kappa shape index (κ2) is 11.6. The zero-order chi connectivity index (χ0) is 32.3. The summed E-state index contributed by atoms with van der Waals surface area (Å²) in [4.78, 5) is 27.6. The second-order valence-corrected chi connectivity index (χ2v) is 11.9. The van der Waals surface area contributed by atoms with Gasteiger partial charge in [-0.3, -0.25) is 9.59 Å². The number of anilines is 1. The summed E-state index contributed by atoms with van der Waals surface area (Å²) in [5.41, 5.74) is -1.06. The average Bonchev–Trinajstić information content (AvgIpc) is 3.16. The Kier molecular flexibility index (Phi) is 8.45. The van der Waals surface area contributed by atoms with Crippen molar-refractivity contribution in [1.29, 1.82) is 0 Å². The molecule has 0 aromatic heterocycles. The zero-order valence-electron chi connectivity index (χ0n) is 23.5. The number of halogens is 7. The van der Waals surface area contributed by atoms with Crippen LogP contribution >= 0.6 is 11.6 Å².